The van der Waals surface area contributed by atoms with E-state index in [9.17, 15) is 9.90 Å². The molecule has 0 fully saturated rings. The minimum atomic E-state index is -0.143. The van der Waals surface area contributed by atoms with Gasteiger partial charge in [0.2, 0.25) is 0 Å². The number of phenols is 1. The summed E-state index contributed by atoms with van der Waals surface area (Å²) in [6, 6.07) is 9.83. The monoisotopic (exact) mass is 298 g/mol. The van der Waals surface area contributed by atoms with Crippen LogP contribution >= 0.6 is 0 Å². The first-order valence-corrected chi connectivity index (χ1v) is 6.79. The van der Waals surface area contributed by atoms with Gasteiger partial charge in [0.15, 0.2) is 5.78 Å². The van der Waals surface area contributed by atoms with Gasteiger partial charge in [0.05, 0.1) is 14.2 Å². The molecule has 0 aromatic heterocycles. The van der Waals surface area contributed by atoms with Gasteiger partial charge in [-0.15, -0.1) is 0 Å². The molecule has 0 spiro atoms. The zero-order valence-corrected chi connectivity index (χ0v) is 12.8. The van der Waals surface area contributed by atoms with Gasteiger partial charge in [0, 0.05) is 17.2 Å². The number of phenolic OH excluding ortho intramolecular Hbond substituents is 1. The summed E-state index contributed by atoms with van der Waals surface area (Å²) >= 11 is 0. The third-order valence-corrected chi connectivity index (χ3v) is 3.31. The van der Waals surface area contributed by atoms with Gasteiger partial charge in [0.1, 0.15) is 17.2 Å². The summed E-state index contributed by atoms with van der Waals surface area (Å²) in [5, 5.41) is 9.24. The van der Waals surface area contributed by atoms with E-state index in [4.69, 9.17) is 9.47 Å². The fourth-order valence-electron chi connectivity index (χ4n) is 2.11. The van der Waals surface area contributed by atoms with Crippen LogP contribution in [-0.4, -0.2) is 25.1 Å². The van der Waals surface area contributed by atoms with Gasteiger partial charge in [-0.3, -0.25) is 4.79 Å². The van der Waals surface area contributed by atoms with Crippen LogP contribution in [-0.2, 0) is 0 Å². The van der Waals surface area contributed by atoms with Gasteiger partial charge < -0.3 is 14.6 Å². The van der Waals surface area contributed by atoms with Crippen LogP contribution in [0, 0.1) is 6.92 Å². The molecule has 0 saturated heterocycles. The number of hydrogen-bond acceptors (Lipinski definition) is 4. The molecule has 4 heteroatoms. The van der Waals surface area contributed by atoms with Crippen molar-refractivity contribution in [3.05, 3.63) is 59.2 Å². The lowest BCUT2D eigenvalue weighted by Crippen LogP contribution is -1.95. The van der Waals surface area contributed by atoms with Crippen LogP contribution in [0.15, 0.2) is 42.5 Å². The Hall–Kier alpha value is -2.75. The summed E-state index contributed by atoms with van der Waals surface area (Å²) in [6.07, 6.45) is 3.19. The largest absolute Gasteiger partial charge is 0.508 e. The summed E-state index contributed by atoms with van der Waals surface area (Å²) in [5.74, 6) is 1.36. The number of ketones is 1. The third kappa shape index (κ3) is 3.47. The summed E-state index contributed by atoms with van der Waals surface area (Å²) < 4.78 is 10.6. The molecule has 2 rings (SSSR count). The Kier molecular flexibility index (Phi) is 4.84. The number of carbonyl (C=O) groups excluding carboxylic acids is 1. The van der Waals surface area contributed by atoms with Gasteiger partial charge >= 0.3 is 0 Å². The van der Waals surface area contributed by atoms with E-state index in [0.717, 1.165) is 16.9 Å². The molecule has 2 aromatic carbocycles. The number of methoxy groups -OCH3 is 2. The SMILES string of the molecule is COc1cc(OC)c(C=CC(=O)c2ccc(O)cc2)cc1C. The van der Waals surface area contributed by atoms with Gasteiger partial charge in [-0.05, 0) is 55.0 Å². The van der Waals surface area contributed by atoms with Crippen molar-refractivity contribution in [3.8, 4) is 17.2 Å². The normalized spacial score (nSPS) is 10.7. The minimum Gasteiger partial charge on any atom is -0.508 e. The predicted octanol–water partition coefficient (Wildman–Crippen LogP) is 3.61. The fraction of sp³-hybridized carbons (Fsp3) is 0.167. The van der Waals surface area contributed by atoms with Crippen LogP contribution in [0.1, 0.15) is 21.5 Å². The van der Waals surface area contributed by atoms with Crippen molar-refractivity contribution in [2.45, 2.75) is 6.92 Å². The quantitative estimate of drug-likeness (QED) is 0.676. The molecule has 0 atom stereocenters. The maximum Gasteiger partial charge on any atom is 0.185 e. The van der Waals surface area contributed by atoms with Crippen LogP contribution in [0.4, 0.5) is 0 Å². The highest BCUT2D eigenvalue weighted by Crippen LogP contribution is 2.29. The van der Waals surface area contributed by atoms with Crippen molar-refractivity contribution in [2.75, 3.05) is 14.2 Å². The highest BCUT2D eigenvalue weighted by molar-refractivity contribution is 6.07. The Balaban J connectivity index is 2.27. The number of hydrogen-bond donors (Lipinski definition) is 1. The second-order valence-electron chi connectivity index (χ2n) is 4.81. The van der Waals surface area contributed by atoms with Crippen LogP contribution in [0.2, 0.25) is 0 Å². The molecule has 0 unspecified atom stereocenters. The lowest BCUT2D eigenvalue weighted by Gasteiger charge is -2.10. The van der Waals surface area contributed by atoms with E-state index in [-0.39, 0.29) is 11.5 Å². The molecule has 0 amide bonds. The Morgan fingerprint density at radius 2 is 1.68 bits per heavy atom. The highest BCUT2D eigenvalue weighted by atomic mass is 16.5. The number of allylic oxidation sites excluding steroid dienone is 1. The van der Waals surface area contributed by atoms with Crippen molar-refractivity contribution in [1.82, 2.24) is 0 Å². The van der Waals surface area contributed by atoms with Crippen molar-refractivity contribution in [2.24, 2.45) is 0 Å². The Labute approximate surface area is 129 Å². The predicted molar refractivity (Wildman–Crippen MR) is 85.8 cm³/mol. The van der Waals surface area contributed by atoms with Crippen molar-refractivity contribution in [3.63, 3.8) is 0 Å². The summed E-state index contributed by atoms with van der Waals surface area (Å²) in [4.78, 5) is 12.1. The van der Waals surface area contributed by atoms with E-state index >= 15 is 0 Å². The molecular weight excluding hydrogens is 280 g/mol. The number of ether oxygens (including phenoxy) is 2. The summed E-state index contributed by atoms with van der Waals surface area (Å²) in [6.45, 7) is 1.93. The van der Waals surface area contributed by atoms with E-state index in [2.05, 4.69) is 0 Å². The molecular formula is C18H18O4. The standard InChI is InChI=1S/C18H18O4/c1-12-10-14(18(22-3)11-17(12)21-2)6-9-16(20)13-4-7-15(19)8-5-13/h4-11,19H,1-3H3. The number of rotatable bonds is 5. The van der Waals surface area contributed by atoms with E-state index in [0.29, 0.717) is 11.3 Å². The zero-order valence-electron chi connectivity index (χ0n) is 12.8. The van der Waals surface area contributed by atoms with Crippen LogP contribution < -0.4 is 9.47 Å². The topological polar surface area (TPSA) is 55.8 Å². The maximum absolute atomic E-state index is 12.1. The number of benzene rings is 2. The van der Waals surface area contributed by atoms with E-state index < -0.39 is 0 Å². The third-order valence-electron chi connectivity index (χ3n) is 3.31. The van der Waals surface area contributed by atoms with E-state index in [1.54, 1.807) is 38.5 Å². The first kappa shape index (κ1) is 15.6. The molecule has 22 heavy (non-hydrogen) atoms. The lowest BCUT2D eigenvalue weighted by atomic mass is 10.1. The van der Waals surface area contributed by atoms with Crippen LogP contribution in [0.5, 0.6) is 17.2 Å². The molecule has 4 nitrogen and oxygen atoms in total. The summed E-state index contributed by atoms with van der Waals surface area (Å²) in [5.41, 5.74) is 2.27. The molecule has 0 aliphatic rings. The average Bonchev–Trinajstić information content (AvgIpc) is 2.53. The molecule has 0 aliphatic heterocycles. The van der Waals surface area contributed by atoms with Crippen LogP contribution in [0.25, 0.3) is 6.08 Å². The maximum atomic E-state index is 12.1. The molecule has 0 saturated carbocycles. The first-order chi connectivity index (χ1) is 10.5. The molecule has 0 radical (unpaired) electrons. The van der Waals surface area contributed by atoms with E-state index in [1.165, 1.54) is 18.2 Å². The molecule has 114 valence electrons. The minimum absolute atomic E-state index is 0.132. The second kappa shape index (κ2) is 6.80. The zero-order chi connectivity index (χ0) is 16.1. The average molecular weight is 298 g/mol. The lowest BCUT2D eigenvalue weighted by molar-refractivity contribution is 0.104. The smallest absolute Gasteiger partial charge is 0.185 e. The Bertz CT molecular complexity index is 700. The Morgan fingerprint density at radius 3 is 2.27 bits per heavy atom. The second-order valence-corrected chi connectivity index (χ2v) is 4.81. The van der Waals surface area contributed by atoms with Gasteiger partial charge in [-0.2, -0.15) is 0 Å². The summed E-state index contributed by atoms with van der Waals surface area (Å²) in [7, 11) is 3.18. The molecule has 0 heterocycles. The van der Waals surface area contributed by atoms with Gasteiger partial charge in [0.25, 0.3) is 0 Å². The molecule has 2 aromatic rings. The van der Waals surface area contributed by atoms with Crippen molar-refractivity contribution >= 4 is 11.9 Å². The number of aryl methyl sites for hydroxylation is 1. The van der Waals surface area contributed by atoms with Crippen molar-refractivity contribution < 1.29 is 19.4 Å². The van der Waals surface area contributed by atoms with E-state index in [1.807, 2.05) is 13.0 Å². The fourth-order valence-corrected chi connectivity index (χ4v) is 2.11. The highest BCUT2D eigenvalue weighted by Gasteiger charge is 2.07. The Morgan fingerprint density at radius 1 is 1.05 bits per heavy atom. The number of aromatic hydroxyl groups is 1. The van der Waals surface area contributed by atoms with Gasteiger partial charge in [-0.1, -0.05) is 0 Å². The number of carbonyl (C=O) groups is 1. The van der Waals surface area contributed by atoms with Crippen molar-refractivity contribution in [1.29, 1.82) is 0 Å². The molecule has 0 bridgehead atoms. The molecule has 0 aliphatic carbocycles. The van der Waals surface area contributed by atoms with Crippen LogP contribution in [0.3, 0.4) is 0 Å². The van der Waals surface area contributed by atoms with Gasteiger partial charge in [-0.25, -0.2) is 0 Å². The molecule has 1 N–H and O–H groups in total. The first-order valence-electron chi connectivity index (χ1n) is 6.79.